The normalized spacial score (nSPS) is 12.3. The minimum atomic E-state index is -4.83. The van der Waals surface area contributed by atoms with Crippen molar-refractivity contribution < 1.29 is 39.6 Å². The number of alkyl halides is 6. The van der Waals surface area contributed by atoms with Gasteiger partial charge in [0.25, 0.3) is 15.9 Å². The minimum absolute atomic E-state index is 0.264. The van der Waals surface area contributed by atoms with E-state index < -0.39 is 63.6 Å². The van der Waals surface area contributed by atoms with E-state index in [1.807, 2.05) is 4.72 Å². The summed E-state index contributed by atoms with van der Waals surface area (Å²) in [5.74, 6) is -1.06. The number of hydrogen-bond acceptors (Lipinski definition) is 3. The molecule has 5 nitrogen and oxygen atoms in total. The number of amides is 1. The molecule has 0 aliphatic carbocycles. The van der Waals surface area contributed by atoms with Gasteiger partial charge in [0, 0.05) is 12.1 Å². The summed E-state index contributed by atoms with van der Waals surface area (Å²) in [6, 6.07) is 8.42. The predicted octanol–water partition coefficient (Wildman–Crippen LogP) is 4.74. The molecule has 0 saturated heterocycles. The topological polar surface area (TPSA) is 75.3 Å². The van der Waals surface area contributed by atoms with E-state index in [1.54, 1.807) is 0 Å². The third-order valence-electron chi connectivity index (χ3n) is 4.00. The summed E-state index contributed by atoms with van der Waals surface area (Å²) in [5, 5.41) is 2.11. The van der Waals surface area contributed by atoms with Crippen LogP contribution < -0.4 is 10.0 Å². The molecule has 12 heteroatoms. The Morgan fingerprint density at radius 2 is 1.58 bits per heavy atom. The molecule has 0 aromatic heterocycles. The minimum Gasteiger partial charge on any atom is -0.352 e. The standard InChI is InChI=1S/C19H16F6N2O3S/c1-12(18(20,21)22)9-10-26-17(28)15-8-7-13(19(23,24)25)11-16(15)27-31(29,30)14-5-3-2-4-6-14/h2-8,11,27H,1,9-10H2,(H,26,28). The van der Waals surface area contributed by atoms with Crippen LogP contribution in [0.2, 0.25) is 0 Å². The van der Waals surface area contributed by atoms with Gasteiger partial charge >= 0.3 is 12.4 Å². The van der Waals surface area contributed by atoms with E-state index in [2.05, 4.69) is 11.9 Å². The van der Waals surface area contributed by atoms with Crippen LogP contribution in [0.1, 0.15) is 22.3 Å². The second-order valence-corrected chi connectivity index (χ2v) is 7.97. The van der Waals surface area contributed by atoms with Crippen LogP contribution in [0.4, 0.5) is 32.0 Å². The highest BCUT2D eigenvalue weighted by atomic mass is 32.2. The van der Waals surface area contributed by atoms with Crippen LogP contribution in [0.15, 0.2) is 65.6 Å². The first-order valence-electron chi connectivity index (χ1n) is 8.54. The number of benzene rings is 2. The zero-order valence-electron chi connectivity index (χ0n) is 15.6. The highest BCUT2D eigenvalue weighted by Crippen LogP contribution is 2.33. The molecular weight excluding hydrogens is 450 g/mol. The number of nitrogens with one attached hydrogen (secondary N) is 2. The van der Waals surface area contributed by atoms with Crippen molar-refractivity contribution in [2.24, 2.45) is 0 Å². The second kappa shape index (κ2) is 9.00. The Hall–Kier alpha value is -3.02. The van der Waals surface area contributed by atoms with Crippen LogP contribution in [-0.4, -0.2) is 27.0 Å². The van der Waals surface area contributed by atoms with Gasteiger partial charge in [0.15, 0.2) is 0 Å². The Bertz CT molecular complexity index is 1060. The molecule has 0 unspecified atom stereocenters. The number of anilines is 1. The van der Waals surface area contributed by atoms with E-state index in [1.165, 1.54) is 30.3 Å². The largest absolute Gasteiger partial charge is 0.416 e. The first-order chi connectivity index (χ1) is 14.2. The van der Waals surface area contributed by atoms with Gasteiger partial charge in [-0.1, -0.05) is 24.8 Å². The fourth-order valence-corrected chi connectivity index (χ4v) is 3.46. The van der Waals surface area contributed by atoms with Crippen LogP contribution in [0.25, 0.3) is 0 Å². The van der Waals surface area contributed by atoms with Crippen molar-refractivity contribution in [3.05, 3.63) is 71.8 Å². The molecule has 2 aromatic rings. The molecular formula is C19H16F6N2O3S. The molecule has 168 valence electrons. The second-order valence-electron chi connectivity index (χ2n) is 6.28. The molecule has 0 aliphatic heterocycles. The molecule has 2 rings (SSSR count). The number of hydrogen-bond donors (Lipinski definition) is 2. The maximum Gasteiger partial charge on any atom is 0.416 e. The summed E-state index contributed by atoms with van der Waals surface area (Å²) in [5.41, 5.74) is -3.50. The molecule has 0 fully saturated rings. The van der Waals surface area contributed by atoms with E-state index in [0.29, 0.717) is 12.1 Å². The molecule has 2 N–H and O–H groups in total. The van der Waals surface area contributed by atoms with E-state index in [4.69, 9.17) is 0 Å². The SMILES string of the molecule is C=C(CCNC(=O)c1ccc(C(F)(F)F)cc1NS(=O)(=O)c1ccccc1)C(F)(F)F. The summed E-state index contributed by atoms with van der Waals surface area (Å²) in [6.45, 7) is 2.33. The lowest BCUT2D eigenvalue weighted by molar-refractivity contribution is -0.137. The van der Waals surface area contributed by atoms with Crippen LogP contribution in [-0.2, 0) is 16.2 Å². The Morgan fingerprint density at radius 1 is 0.968 bits per heavy atom. The molecule has 0 spiro atoms. The third-order valence-corrected chi connectivity index (χ3v) is 5.38. The molecule has 0 bridgehead atoms. The highest BCUT2D eigenvalue weighted by molar-refractivity contribution is 7.92. The average Bonchev–Trinajstić information content (AvgIpc) is 2.66. The van der Waals surface area contributed by atoms with E-state index in [-0.39, 0.29) is 4.90 Å². The summed E-state index contributed by atoms with van der Waals surface area (Å²) < 4.78 is 104. The summed E-state index contributed by atoms with van der Waals surface area (Å²) in [7, 11) is -4.35. The van der Waals surface area contributed by atoms with Gasteiger partial charge < -0.3 is 5.32 Å². The van der Waals surface area contributed by atoms with Gasteiger partial charge in [0.05, 0.1) is 21.7 Å². The monoisotopic (exact) mass is 466 g/mol. The van der Waals surface area contributed by atoms with Crippen molar-refractivity contribution in [1.82, 2.24) is 5.32 Å². The molecule has 31 heavy (non-hydrogen) atoms. The van der Waals surface area contributed by atoms with Crippen molar-refractivity contribution in [1.29, 1.82) is 0 Å². The molecule has 0 aliphatic rings. The molecule has 0 atom stereocenters. The van der Waals surface area contributed by atoms with Crippen molar-refractivity contribution >= 4 is 21.6 Å². The number of halogens is 6. The highest BCUT2D eigenvalue weighted by Gasteiger charge is 2.33. The van der Waals surface area contributed by atoms with Gasteiger partial charge in [-0.2, -0.15) is 26.3 Å². The van der Waals surface area contributed by atoms with Gasteiger partial charge in [-0.15, -0.1) is 0 Å². The van der Waals surface area contributed by atoms with Gasteiger partial charge in [0.1, 0.15) is 0 Å². The van der Waals surface area contributed by atoms with Crippen LogP contribution in [0.5, 0.6) is 0 Å². The van der Waals surface area contributed by atoms with Crippen LogP contribution in [0.3, 0.4) is 0 Å². The summed E-state index contributed by atoms with van der Waals surface area (Å²) in [4.78, 5) is 12.1. The van der Waals surface area contributed by atoms with Crippen LogP contribution >= 0.6 is 0 Å². The fourth-order valence-electron chi connectivity index (χ4n) is 2.37. The van der Waals surface area contributed by atoms with Crippen molar-refractivity contribution in [2.75, 3.05) is 11.3 Å². The Balaban J connectivity index is 2.32. The van der Waals surface area contributed by atoms with E-state index in [9.17, 15) is 39.6 Å². The van der Waals surface area contributed by atoms with Crippen LogP contribution in [0, 0.1) is 0 Å². The average molecular weight is 466 g/mol. The Kier molecular flexibility index (Phi) is 7.04. The van der Waals surface area contributed by atoms with Crippen molar-refractivity contribution in [3.8, 4) is 0 Å². The fraction of sp³-hybridized carbons (Fsp3) is 0.211. The first kappa shape index (κ1) is 24.3. The third kappa shape index (κ3) is 6.48. The Morgan fingerprint density at radius 3 is 2.13 bits per heavy atom. The van der Waals surface area contributed by atoms with E-state index in [0.717, 1.165) is 6.07 Å². The molecule has 1 amide bonds. The van der Waals surface area contributed by atoms with Crippen molar-refractivity contribution in [2.45, 2.75) is 23.7 Å². The number of rotatable bonds is 7. The lowest BCUT2D eigenvalue weighted by atomic mass is 10.1. The number of sulfonamides is 1. The lowest BCUT2D eigenvalue weighted by Crippen LogP contribution is -2.28. The molecule has 0 radical (unpaired) electrons. The lowest BCUT2D eigenvalue weighted by Gasteiger charge is -2.16. The quantitative estimate of drug-likeness (QED) is 0.457. The number of carbonyl (C=O) groups is 1. The molecule has 0 saturated carbocycles. The first-order valence-corrected chi connectivity index (χ1v) is 10.0. The zero-order valence-corrected chi connectivity index (χ0v) is 16.5. The predicted molar refractivity (Wildman–Crippen MR) is 101 cm³/mol. The maximum absolute atomic E-state index is 13.1. The molecule has 0 heterocycles. The van der Waals surface area contributed by atoms with Gasteiger partial charge in [-0.3, -0.25) is 9.52 Å². The smallest absolute Gasteiger partial charge is 0.352 e. The van der Waals surface area contributed by atoms with Gasteiger partial charge in [-0.05, 0) is 36.8 Å². The Labute approximate surface area is 173 Å². The number of carbonyl (C=O) groups excluding carboxylic acids is 1. The van der Waals surface area contributed by atoms with Gasteiger partial charge in [-0.25, -0.2) is 8.42 Å². The maximum atomic E-state index is 13.1. The summed E-state index contributed by atoms with van der Waals surface area (Å²) in [6.07, 6.45) is -10.1. The summed E-state index contributed by atoms with van der Waals surface area (Å²) >= 11 is 0. The van der Waals surface area contributed by atoms with Gasteiger partial charge in [0.2, 0.25) is 0 Å². The molecule has 2 aromatic carbocycles. The van der Waals surface area contributed by atoms with E-state index >= 15 is 0 Å². The van der Waals surface area contributed by atoms with Crippen molar-refractivity contribution in [3.63, 3.8) is 0 Å². The zero-order chi connectivity index (χ0) is 23.4.